The number of halogens is 2. The zero-order valence-corrected chi connectivity index (χ0v) is 19.0. The minimum atomic E-state index is -0.954. The van der Waals surface area contributed by atoms with E-state index in [1.54, 1.807) is 36.4 Å². The number of benzene rings is 2. The number of carbonyl (C=O) groups excluding carboxylic acids is 1. The summed E-state index contributed by atoms with van der Waals surface area (Å²) in [6.45, 7) is 0.423. The Hall–Kier alpha value is -2.68. The first-order valence-electron chi connectivity index (χ1n) is 10.8. The predicted octanol–water partition coefficient (Wildman–Crippen LogP) is 3.23. The van der Waals surface area contributed by atoms with Crippen LogP contribution in [0, 0.1) is 5.82 Å². The van der Waals surface area contributed by atoms with Gasteiger partial charge in [-0.3, -0.25) is 14.5 Å². The molecule has 2 aromatic carbocycles. The fourth-order valence-corrected chi connectivity index (χ4v) is 4.36. The molecule has 0 unspecified atom stereocenters. The molecule has 0 saturated heterocycles. The van der Waals surface area contributed by atoms with E-state index in [4.69, 9.17) is 21.4 Å². The van der Waals surface area contributed by atoms with Crippen molar-refractivity contribution in [1.82, 2.24) is 10.2 Å². The first-order chi connectivity index (χ1) is 15.7. The molecule has 2 aromatic rings. The van der Waals surface area contributed by atoms with Crippen molar-refractivity contribution in [3.8, 4) is 5.75 Å². The topological polar surface area (TPSA) is 99.1 Å². The lowest BCUT2D eigenvalue weighted by Crippen LogP contribution is -2.51. The number of nitrogens with one attached hydrogen (secondary N) is 1. The van der Waals surface area contributed by atoms with Gasteiger partial charge in [-0.1, -0.05) is 35.9 Å². The van der Waals surface area contributed by atoms with Crippen LogP contribution in [-0.4, -0.2) is 58.3 Å². The zero-order chi connectivity index (χ0) is 24.0. The Morgan fingerprint density at radius 3 is 2.55 bits per heavy atom. The molecule has 0 aromatic heterocycles. The van der Waals surface area contributed by atoms with Crippen molar-refractivity contribution in [2.45, 2.75) is 56.5 Å². The van der Waals surface area contributed by atoms with Gasteiger partial charge in [-0.05, 0) is 43.3 Å². The van der Waals surface area contributed by atoms with E-state index in [9.17, 15) is 19.1 Å². The maximum Gasteiger partial charge on any atom is 0.303 e. The van der Waals surface area contributed by atoms with E-state index in [1.807, 2.05) is 11.9 Å². The summed E-state index contributed by atoms with van der Waals surface area (Å²) in [5.41, 5.74) is 0.855. The number of hydrogen-bond donors (Lipinski definition) is 3. The smallest absolute Gasteiger partial charge is 0.303 e. The highest BCUT2D eigenvalue weighted by molar-refractivity contribution is 6.32. The van der Waals surface area contributed by atoms with Crippen molar-refractivity contribution in [2.24, 2.45) is 0 Å². The minimum Gasteiger partial charge on any atom is -0.486 e. The van der Waals surface area contributed by atoms with Crippen LogP contribution in [0.3, 0.4) is 0 Å². The van der Waals surface area contributed by atoms with E-state index in [1.165, 1.54) is 12.1 Å². The van der Waals surface area contributed by atoms with Crippen LogP contribution in [0.2, 0.25) is 5.02 Å². The highest BCUT2D eigenvalue weighted by atomic mass is 35.5. The fourth-order valence-electron chi connectivity index (χ4n) is 4.18. The lowest BCUT2D eigenvalue weighted by atomic mass is 10.1. The van der Waals surface area contributed by atoms with Crippen molar-refractivity contribution in [2.75, 3.05) is 7.05 Å². The maximum absolute atomic E-state index is 13.3. The van der Waals surface area contributed by atoms with E-state index in [2.05, 4.69) is 5.32 Å². The second kappa shape index (κ2) is 11.4. The number of carboxylic acids is 1. The SMILES string of the molecule is CN(Cc1ccc(F)cc1)[C@@H]1[C@@H](O)[C@H](Oc2ccccc2Cl)C[C@H]1NC(=O)CCCC(=O)O. The average Bonchev–Trinajstić information content (AvgIpc) is 3.05. The average molecular weight is 479 g/mol. The van der Waals surface area contributed by atoms with Crippen molar-refractivity contribution in [3.05, 3.63) is 64.9 Å². The van der Waals surface area contributed by atoms with E-state index in [-0.39, 0.29) is 31.0 Å². The van der Waals surface area contributed by atoms with Crippen LogP contribution in [0.4, 0.5) is 4.39 Å². The number of likely N-dealkylation sites (N-methyl/N-ethyl adjacent to an activating group) is 1. The molecule has 3 N–H and O–H groups in total. The molecule has 178 valence electrons. The Morgan fingerprint density at radius 2 is 1.88 bits per heavy atom. The van der Waals surface area contributed by atoms with Gasteiger partial charge >= 0.3 is 5.97 Å². The van der Waals surface area contributed by atoms with Crippen LogP contribution in [-0.2, 0) is 16.1 Å². The fraction of sp³-hybridized carbons (Fsp3) is 0.417. The summed E-state index contributed by atoms with van der Waals surface area (Å²) < 4.78 is 19.3. The molecule has 1 fully saturated rings. The second-order valence-corrected chi connectivity index (χ2v) is 8.67. The summed E-state index contributed by atoms with van der Waals surface area (Å²) in [7, 11) is 1.82. The van der Waals surface area contributed by atoms with Crippen molar-refractivity contribution in [1.29, 1.82) is 0 Å². The monoisotopic (exact) mass is 478 g/mol. The molecular weight excluding hydrogens is 451 g/mol. The van der Waals surface area contributed by atoms with Crippen LogP contribution in [0.25, 0.3) is 0 Å². The first kappa shape index (κ1) is 25.0. The highest BCUT2D eigenvalue weighted by Crippen LogP contribution is 2.32. The Kier molecular flexibility index (Phi) is 8.66. The quantitative estimate of drug-likeness (QED) is 0.485. The summed E-state index contributed by atoms with van der Waals surface area (Å²) in [6.07, 6.45) is -0.997. The van der Waals surface area contributed by atoms with Gasteiger partial charge in [-0.25, -0.2) is 4.39 Å². The Bertz CT molecular complexity index is 958. The molecule has 0 spiro atoms. The van der Waals surface area contributed by atoms with E-state index >= 15 is 0 Å². The molecule has 0 radical (unpaired) electrons. The van der Waals surface area contributed by atoms with Gasteiger partial charge in [0.1, 0.15) is 23.8 Å². The number of aliphatic hydroxyl groups is 1. The number of aliphatic carboxylic acids is 1. The first-order valence-corrected chi connectivity index (χ1v) is 11.2. The van der Waals surface area contributed by atoms with E-state index < -0.39 is 30.3 Å². The second-order valence-electron chi connectivity index (χ2n) is 8.27. The van der Waals surface area contributed by atoms with Gasteiger partial charge in [0.15, 0.2) is 0 Å². The largest absolute Gasteiger partial charge is 0.486 e. The molecule has 9 heteroatoms. The summed E-state index contributed by atoms with van der Waals surface area (Å²) in [4.78, 5) is 25.1. The maximum atomic E-state index is 13.3. The Morgan fingerprint density at radius 1 is 1.18 bits per heavy atom. The molecule has 1 amide bonds. The normalized spacial score (nSPS) is 22.3. The summed E-state index contributed by atoms with van der Waals surface area (Å²) >= 11 is 6.21. The number of nitrogens with zero attached hydrogens (tertiary/aromatic N) is 1. The summed E-state index contributed by atoms with van der Waals surface area (Å²) in [6, 6.07) is 12.1. The molecular formula is C24H28ClFN2O5. The summed E-state index contributed by atoms with van der Waals surface area (Å²) in [5, 5.41) is 23.3. The van der Waals surface area contributed by atoms with Crippen molar-refractivity contribution >= 4 is 23.5 Å². The predicted molar refractivity (Wildman–Crippen MR) is 122 cm³/mol. The minimum absolute atomic E-state index is 0.0727. The van der Waals surface area contributed by atoms with Crippen LogP contribution in [0.15, 0.2) is 48.5 Å². The van der Waals surface area contributed by atoms with Crippen LogP contribution in [0.1, 0.15) is 31.2 Å². The standard InChI is InChI=1S/C24H28ClFN2O5/c1-28(14-15-9-11-16(26)12-10-15)23-18(27-21(29)7-4-8-22(30)31)13-20(24(23)32)33-19-6-3-2-5-17(19)25/h2-3,5-6,9-12,18,20,23-24,32H,4,7-8,13-14H2,1H3,(H,27,29)(H,30,31)/t18-,20-,23+,24+/m1/s1. The molecule has 3 rings (SSSR count). The lowest BCUT2D eigenvalue weighted by molar-refractivity contribution is -0.137. The van der Waals surface area contributed by atoms with E-state index in [0.29, 0.717) is 23.7 Å². The molecule has 7 nitrogen and oxygen atoms in total. The van der Waals surface area contributed by atoms with Gasteiger partial charge < -0.3 is 20.3 Å². The number of para-hydroxylation sites is 1. The van der Waals surface area contributed by atoms with Crippen LogP contribution < -0.4 is 10.1 Å². The molecule has 0 bridgehead atoms. The number of hydrogen-bond acceptors (Lipinski definition) is 5. The molecule has 0 aliphatic heterocycles. The molecule has 1 aliphatic carbocycles. The van der Waals surface area contributed by atoms with Gasteiger partial charge in [-0.2, -0.15) is 0 Å². The zero-order valence-electron chi connectivity index (χ0n) is 18.3. The third kappa shape index (κ3) is 6.90. The number of rotatable bonds is 10. The third-order valence-corrected chi connectivity index (χ3v) is 6.05. The van der Waals surface area contributed by atoms with Crippen molar-refractivity contribution in [3.63, 3.8) is 0 Å². The van der Waals surface area contributed by atoms with Gasteiger partial charge in [0, 0.05) is 25.8 Å². The molecule has 4 atom stereocenters. The van der Waals surface area contributed by atoms with Crippen LogP contribution in [0.5, 0.6) is 5.75 Å². The van der Waals surface area contributed by atoms with Gasteiger partial charge in [0.05, 0.1) is 17.1 Å². The van der Waals surface area contributed by atoms with Gasteiger partial charge in [0.25, 0.3) is 0 Å². The number of amides is 1. The van der Waals surface area contributed by atoms with E-state index in [0.717, 1.165) is 5.56 Å². The van der Waals surface area contributed by atoms with Gasteiger partial charge in [-0.15, -0.1) is 0 Å². The molecule has 0 heterocycles. The van der Waals surface area contributed by atoms with Gasteiger partial charge in [0.2, 0.25) is 5.91 Å². The van der Waals surface area contributed by atoms with Crippen molar-refractivity contribution < 1.29 is 28.9 Å². The molecule has 1 aliphatic rings. The van der Waals surface area contributed by atoms with Crippen LogP contribution >= 0.6 is 11.6 Å². The highest BCUT2D eigenvalue weighted by Gasteiger charge is 2.46. The lowest BCUT2D eigenvalue weighted by Gasteiger charge is -2.32. The summed E-state index contributed by atoms with van der Waals surface area (Å²) in [5.74, 6) is -1.13. The third-order valence-electron chi connectivity index (χ3n) is 5.74. The number of aliphatic hydroxyl groups excluding tert-OH is 1. The molecule has 33 heavy (non-hydrogen) atoms. The number of ether oxygens (including phenoxy) is 1. The number of carbonyl (C=O) groups is 2. The Balaban J connectivity index is 1.74. The molecule has 1 saturated carbocycles. The Labute approximate surface area is 197 Å². The number of carboxylic acid groups (broad SMARTS) is 1.